The van der Waals surface area contributed by atoms with Gasteiger partial charge in [0.1, 0.15) is 0 Å². The molecule has 46 valence electrons. The van der Waals surface area contributed by atoms with Crippen molar-refractivity contribution in [1.29, 1.82) is 0 Å². The van der Waals surface area contributed by atoms with Crippen molar-refractivity contribution in [3.63, 3.8) is 0 Å². The summed E-state index contributed by atoms with van der Waals surface area (Å²) in [7, 11) is -3.83. The van der Waals surface area contributed by atoms with Crippen LogP contribution in [0.5, 0.6) is 0 Å². The molecule has 0 radical (unpaired) electrons. The van der Waals surface area contributed by atoms with Gasteiger partial charge in [0, 0.05) is 6.42 Å². The normalized spacial score (nSPS) is 10.5. The lowest BCUT2D eigenvalue weighted by Gasteiger charge is -1.85. The Labute approximate surface area is 48.5 Å². The van der Waals surface area contributed by atoms with Crippen LogP contribution >= 0.6 is 0 Å². The molecule has 0 aliphatic carbocycles. The summed E-state index contributed by atoms with van der Waals surface area (Å²) in [6.45, 7) is 0. The van der Waals surface area contributed by atoms with Gasteiger partial charge in [-0.25, -0.2) is 0 Å². The molecular formula is C4H6O3S. The molecule has 0 saturated carbocycles. The highest BCUT2D eigenvalue weighted by molar-refractivity contribution is 7.85. The minimum Gasteiger partial charge on any atom is -0.286 e. The molecule has 0 rings (SSSR count). The van der Waals surface area contributed by atoms with E-state index in [0.29, 0.717) is 0 Å². The van der Waals surface area contributed by atoms with Crippen LogP contribution in [0.25, 0.3) is 0 Å². The third-order valence-corrected chi connectivity index (χ3v) is 1.22. The first-order valence-corrected chi connectivity index (χ1v) is 3.56. The van der Waals surface area contributed by atoms with Crippen LogP contribution in [0.15, 0.2) is 0 Å². The van der Waals surface area contributed by atoms with Crippen molar-refractivity contribution in [3.8, 4) is 12.3 Å². The minimum atomic E-state index is -3.83. The van der Waals surface area contributed by atoms with Crippen molar-refractivity contribution in [2.75, 3.05) is 5.75 Å². The molecular weight excluding hydrogens is 128 g/mol. The summed E-state index contributed by atoms with van der Waals surface area (Å²) in [5.41, 5.74) is 0. The van der Waals surface area contributed by atoms with E-state index in [1.54, 1.807) is 0 Å². The second kappa shape index (κ2) is 2.70. The van der Waals surface area contributed by atoms with E-state index < -0.39 is 10.1 Å². The van der Waals surface area contributed by atoms with E-state index in [1.165, 1.54) is 0 Å². The van der Waals surface area contributed by atoms with Crippen LogP contribution < -0.4 is 0 Å². The smallest absolute Gasteiger partial charge is 0.265 e. The molecule has 3 nitrogen and oxygen atoms in total. The third kappa shape index (κ3) is 5.47. The van der Waals surface area contributed by atoms with Crippen molar-refractivity contribution in [2.45, 2.75) is 6.42 Å². The van der Waals surface area contributed by atoms with Crippen LogP contribution in [-0.4, -0.2) is 18.7 Å². The summed E-state index contributed by atoms with van der Waals surface area (Å²) in [5, 5.41) is 0. The highest BCUT2D eigenvalue weighted by atomic mass is 32.2. The third-order valence-electron chi connectivity index (χ3n) is 0.504. The Balaban J connectivity index is 3.63. The van der Waals surface area contributed by atoms with Crippen molar-refractivity contribution in [2.24, 2.45) is 0 Å². The van der Waals surface area contributed by atoms with E-state index in [2.05, 4.69) is 5.92 Å². The topological polar surface area (TPSA) is 54.4 Å². The molecule has 0 spiro atoms. The van der Waals surface area contributed by atoms with E-state index in [0.717, 1.165) is 0 Å². The lowest BCUT2D eigenvalue weighted by atomic mass is 10.5. The molecule has 0 aromatic heterocycles. The predicted molar refractivity (Wildman–Crippen MR) is 29.9 cm³/mol. The summed E-state index contributed by atoms with van der Waals surface area (Å²) < 4.78 is 27.7. The quantitative estimate of drug-likeness (QED) is 0.423. The summed E-state index contributed by atoms with van der Waals surface area (Å²) in [4.78, 5) is 0. The zero-order valence-electron chi connectivity index (χ0n) is 4.16. The van der Waals surface area contributed by atoms with Gasteiger partial charge in [0.25, 0.3) is 10.1 Å². The molecule has 0 aliphatic rings. The van der Waals surface area contributed by atoms with Gasteiger partial charge in [-0.1, -0.05) is 0 Å². The van der Waals surface area contributed by atoms with E-state index in [9.17, 15) is 8.42 Å². The van der Waals surface area contributed by atoms with Gasteiger partial charge >= 0.3 is 0 Å². The van der Waals surface area contributed by atoms with Crippen molar-refractivity contribution < 1.29 is 13.0 Å². The molecule has 0 amide bonds. The number of rotatable bonds is 2. The first kappa shape index (κ1) is 7.47. The molecule has 0 fully saturated rings. The van der Waals surface area contributed by atoms with Crippen LogP contribution in [0.1, 0.15) is 6.42 Å². The van der Waals surface area contributed by atoms with E-state index in [1.807, 2.05) is 0 Å². The Morgan fingerprint density at radius 1 is 1.62 bits per heavy atom. The molecule has 0 aliphatic heterocycles. The van der Waals surface area contributed by atoms with Crippen molar-refractivity contribution in [1.82, 2.24) is 0 Å². The zero-order valence-corrected chi connectivity index (χ0v) is 4.98. The lowest BCUT2D eigenvalue weighted by molar-refractivity contribution is 0.483. The van der Waals surface area contributed by atoms with E-state index >= 15 is 0 Å². The van der Waals surface area contributed by atoms with E-state index in [4.69, 9.17) is 11.0 Å². The fourth-order valence-corrected chi connectivity index (χ4v) is 0.564. The predicted octanol–water partition coefficient (Wildman–Crippen LogP) is -0.102. The van der Waals surface area contributed by atoms with Crippen molar-refractivity contribution in [3.05, 3.63) is 0 Å². The molecule has 4 heteroatoms. The van der Waals surface area contributed by atoms with Crippen LogP contribution in [0.4, 0.5) is 0 Å². The molecule has 0 saturated heterocycles. The Morgan fingerprint density at radius 3 is 2.25 bits per heavy atom. The summed E-state index contributed by atoms with van der Waals surface area (Å²) in [5.74, 6) is 1.74. The molecule has 0 aromatic carbocycles. The number of hydrogen-bond acceptors (Lipinski definition) is 2. The monoisotopic (exact) mass is 134 g/mol. The van der Waals surface area contributed by atoms with Gasteiger partial charge in [-0.05, 0) is 0 Å². The van der Waals surface area contributed by atoms with Gasteiger partial charge in [0.05, 0.1) is 5.75 Å². The Kier molecular flexibility index (Phi) is 2.52. The van der Waals surface area contributed by atoms with Gasteiger partial charge in [0.15, 0.2) is 0 Å². The Bertz CT molecular complexity index is 184. The van der Waals surface area contributed by atoms with Crippen LogP contribution in [0.2, 0.25) is 0 Å². The molecule has 0 heterocycles. The molecule has 1 N–H and O–H groups in total. The molecule has 0 unspecified atom stereocenters. The first-order valence-electron chi connectivity index (χ1n) is 1.95. The standard InChI is InChI=1S/C4H6O3S/c1-2-3-4-8(5,6)7/h1H,3-4H2,(H,5,6,7). The first-order chi connectivity index (χ1) is 3.56. The SMILES string of the molecule is C#CCCS(=O)(=O)O. The zero-order chi connectivity index (χ0) is 6.62. The summed E-state index contributed by atoms with van der Waals surface area (Å²) >= 11 is 0. The van der Waals surface area contributed by atoms with Crippen LogP contribution in [0, 0.1) is 12.3 Å². The van der Waals surface area contributed by atoms with Gasteiger partial charge in [-0.15, -0.1) is 12.3 Å². The maximum absolute atomic E-state index is 9.85. The molecule has 0 atom stereocenters. The van der Waals surface area contributed by atoms with Gasteiger partial charge in [-0.3, -0.25) is 4.55 Å². The molecule has 0 aromatic rings. The fourth-order valence-electron chi connectivity index (χ4n) is 0.188. The Hall–Kier alpha value is -0.530. The van der Waals surface area contributed by atoms with Crippen LogP contribution in [-0.2, 0) is 10.1 Å². The van der Waals surface area contributed by atoms with Gasteiger partial charge in [-0.2, -0.15) is 8.42 Å². The second-order valence-electron chi connectivity index (χ2n) is 1.24. The maximum Gasteiger partial charge on any atom is 0.265 e. The average molecular weight is 134 g/mol. The Morgan fingerprint density at radius 2 is 2.12 bits per heavy atom. The lowest BCUT2D eigenvalue weighted by Crippen LogP contribution is -2.01. The van der Waals surface area contributed by atoms with Crippen molar-refractivity contribution >= 4 is 10.1 Å². The largest absolute Gasteiger partial charge is 0.286 e. The maximum atomic E-state index is 9.85. The van der Waals surface area contributed by atoms with Gasteiger partial charge in [0.2, 0.25) is 0 Å². The second-order valence-corrected chi connectivity index (χ2v) is 2.81. The average Bonchev–Trinajstić information content (AvgIpc) is 1.59. The number of hydrogen-bond donors (Lipinski definition) is 1. The van der Waals surface area contributed by atoms with E-state index in [-0.39, 0.29) is 12.2 Å². The number of terminal acetylenes is 1. The van der Waals surface area contributed by atoms with Crippen LogP contribution in [0.3, 0.4) is 0 Å². The molecule has 8 heavy (non-hydrogen) atoms. The highest BCUT2D eigenvalue weighted by Crippen LogP contribution is 1.84. The summed E-state index contributed by atoms with van der Waals surface area (Å²) in [6, 6.07) is 0. The summed E-state index contributed by atoms with van der Waals surface area (Å²) in [6.07, 6.45) is 4.78. The fraction of sp³-hybridized carbons (Fsp3) is 0.500. The minimum absolute atomic E-state index is 0.0683. The highest BCUT2D eigenvalue weighted by Gasteiger charge is 1.99. The molecule has 0 bridgehead atoms. The van der Waals surface area contributed by atoms with Gasteiger partial charge < -0.3 is 0 Å².